The Hall–Kier alpha value is -0.130. The van der Waals surface area contributed by atoms with E-state index in [4.69, 9.17) is 0 Å². The molecule has 0 unspecified atom stereocenters. The Morgan fingerprint density at radius 1 is 1.31 bits per heavy atom. The SMILES string of the molecule is CC(C)S(=O)(=O)[N+]1(CO)CCCC1. The monoisotopic (exact) mass is 208 g/mol. The molecule has 0 saturated carbocycles. The molecule has 0 bridgehead atoms. The first kappa shape index (κ1) is 10.9. The molecule has 0 aromatic rings. The maximum atomic E-state index is 11.9. The molecule has 1 rings (SSSR count). The van der Waals surface area contributed by atoms with Crippen molar-refractivity contribution in [2.45, 2.75) is 31.9 Å². The van der Waals surface area contributed by atoms with Crippen molar-refractivity contribution in [3.05, 3.63) is 0 Å². The van der Waals surface area contributed by atoms with Gasteiger partial charge in [0.05, 0.1) is 13.1 Å². The van der Waals surface area contributed by atoms with Crippen LogP contribution in [0.3, 0.4) is 0 Å². The van der Waals surface area contributed by atoms with Crippen LogP contribution < -0.4 is 0 Å². The van der Waals surface area contributed by atoms with Gasteiger partial charge in [0.25, 0.3) is 0 Å². The van der Waals surface area contributed by atoms with Gasteiger partial charge < -0.3 is 5.11 Å². The molecule has 0 radical (unpaired) electrons. The van der Waals surface area contributed by atoms with Gasteiger partial charge in [-0.3, -0.25) is 0 Å². The van der Waals surface area contributed by atoms with Crippen LogP contribution in [0.2, 0.25) is 0 Å². The Balaban J connectivity index is 3.01. The summed E-state index contributed by atoms with van der Waals surface area (Å²) in [5.41, 5.74) is 0. The summed E-state index contributed by atoms with van der Waals surface area (Å²) < 4.78 is 23.7. The predicted octanol–water partition coefficient (Wildman–Crippen LogP) is 0.285. The van der Waals surface area contributed by atoms with E-state index in [9.17, 15) is 13.5 Å². The average Bonchev–Trinajstić information content (AvgIpc) is 2.53. The highest BCUT2D eigenvalue weighted by molar-refractivity contribution is 7.86. The van der Waals surface area contributed by atoms with Crippen LogP contribution in [-0.4, -0.2) is 42.5 Å². The zero-order valence-electron chi connectivity index (χ0n) is 8.23. The van der Waals surface area contributed by atoms with Crippen molar-refractivity contribution in [2.24, 2.45) is 0 Å². The Morgan fingerprint density at radius 3 is 2.08 bits per heavy atom. The zero-order valence-corrected chi connectivity index (χ0v) is 9.05. The van der Waals surface area contributed by atoms with E-state index in [1.165, 1.54) is 0 Å². The highest BCUT2D eigenvalue weighted by Crippen LogP contribution is 2.26. The molecule has 1 heterocycles. The van der Waals surface area contributed by atoms with Crippen LogP contribution in [0.1, 0.15) is 26.7 Å². The summed E-state index contributed by atoms with van der Waals surface area (Å²) in [5.74, 6) is 0. The number of rotatable bonds is 3. The Bertz CT molecular complexity index is 265. The van der Waals surface area contributed by atoms with Crippen molar-refractivity contribution in [3.8, 4) is 0 Å². The van der Waals surface area contributed by atoms with Crippen molar-refractivity contribution in [3.63, 3.8) is 0 Å². The lowest BCUT2D eigenvalue weighted by atomic mass is 10.4. The van der Waals surface area contributed by atoms with Crippen molar-refractivity contribution < 1.29 is 17.4 Å². The normalized spacial score (nSPS) is 22.5. The second-order valence-corrected chi connectivity index (χ2v) is 6.66. The van der Waals surface area contributed by atoms with Crippen LogP contribution in [0.4, 0.5) is 0 Å². The lowest BCUT2D eigenvalue weighted by Crippen LogP contribution is -2.53. The summed E-state index contributed by atoms with van der Waals surface area (Å²) in [6.07, 6.45) is 1.79. The van der Waals surface area contributed by atoms with Crippen molar-refractivity contribution in [2.75, 3.05) is 19.8 Å². The summed E-state index contributed by atoms with van der Waals surface area (Å²) >= 11 is 0. The second-order valence-electron chi connectivity index (χ2n) is 3.92. The quantitative estimate of drug-likeness (QED) is 0.678. The standard InChI is InChI=1S/C8H18NO3S/c1-8(2)13(11,12)9(7-10)5-3-4-6-9/h8,10H,3-7H2,1-2H3/q+1. The van der Waals surface area contributed by atoms with E-state index in [0.717, 1.165) is 12.8 Å². The highest BCUT2D eigenvalue weighted by Gasteiger charge is 2.45. The number of sulfonamides is 1. The number of aliphatic hydroxyl groups excluding tert-OH is 1. The molecule has 0 aromatic carbocycles. The van der Waals surface area contributed by atoms with E-state index in [2.05, 4.69) is 0 Å². The fraction of sp³-hybridized carbons (Fsp3) is 1.00. The number of hydrogen-bond acceptors (Lipinski definition) is 3. The van der Waals surface area contributed by atoms with Crippen LogP contribution in [0.15, 0.2) is 0 Å². The van der Waals surface area contributed by atoms with E-state index < -0.39 is 15.3 Å². The molecular formula is C8H18NO3S+. The first-order valence-electron chi connectivity index (χ1n) is 4.67. The molecule has 1 saturated heterocycles. The molecular weight excluding hydrogens is 190 g/mol. The number of hydrogen-bond donors (Lipinski definition) is 1. The Morgan fingerprint density at radius 2 is 1.77 bits per heavy atom. The largest absolute Gasteiger partial charge is 0.346 e. The van der Waals surface area contributed by atoms with Crippen LogP contribution in [0.5, 0.6) is 0 Å². The minimum Gasteiger partial charge on any atom is -0.346 e. The van der Waals surface area contributed by atoms with Gasteiger partial charge in [-0.2, -0.15) is 12.3 Å². The minimum absolute atomic E-state index is 0.120. The second kappa shape index (κ2) is 3.55. The third-order valence-corrected chi connectivity index (χ3v) is 5.53. The van der Waals surface area contributed by atoms with E-state index >= 15 is 0 Å². The molecule has 4 nitrogen and oxygen atoms in total. The van der Waals surface area contributed by atoms with Gasteiger partial charge in [0.1, 0.15) is 5.25 Å². The van der Waals surface area contributed by atoms with Gasteiger partial charge in [-0.25, -0.2) is 0 Å². The van der Waals surface area contributed by atoms with E-state index in [0.29, 0.717) is 13.1 Å². The van der Waals surface area contributed by atoms with Gasteiger partial charge in [0.2, 0.25) is 0 Å². The van der Waals surface area contributed by atoms with Crippen molar-refractivity contribution in [1.29, 1.82) is 0 Å². The van der Waals surface area contributed by atoms with Gasteiger partial charge in [-0.1, -0.05) is 0 Å². The highest BCUT2D eigenvalue weighted by atomic mass is 32.2. The smallest absolute Gasteiger partial charge is 0.301 e. The summed E-state index contributed by atoms with van der Waals surface area (Å²) in [7, 11) is -3.20. The summed E-state index contributed by atoms with van der Waals surface area (Å²) in [6, 6.07) is 0. The van der Waals surface area contributed by atoms with Crippen LogP contribution in [0, 0.1) is 0 Å². The number of aliphatic hydroxyl groups is 1. The molecule has 0 aromatic heterocycles. The zero-order chi connectivity index (χ0) is 10.1. The average molecular weight is 208 g/mol. The number of nitrogens with zero attached hydrogens (tertiary/aromatic N) is 1. The maximum absolute atomic E-state index is 11.9. The van der Waals surface area contributed by atoms with Crippen LogP contribution in [-0.2, 0) is 10.0 Å². The molecule has 0 amide bonds. The molecule has 1 aliphatic heterocycles. The van der Waals surface area contributed by atoms with Gasteiger partial charge in [-0.05, 0) is 13.8 Å². The number of likely N-dealkylation sites (tertiary alicyclic amines) is 1. The van der Waals surface area contributed by atoms with E-state index in [1.807, 2.05) is 0 Å². The van der Waals surface area contributed by atoms with Crippen LogP contribution in [0.25, 0.3) is 0 Å². The topological polar surface area (TPSA) is 54.4 Å². The van der Waals surface area contributed by atoms with E-state index in [1.54, 1.807) is 13.8 Å². The molecule has 1 aliphatic rings. The summed E-state index contributed by atoms with van der Waals surface area (Å²) in [5, 5.41) is 8.79. The summed E-state index contributed by atoms with van der Waals surface area (Å²) in [4.78, 5) is 0. The van der Waals surface area contributed by atoms with Gasteiger partial charge in [-0.15, -0.1) is 0 Å². The van der Waals surface area contributed by atoms with Crippen molar-refractivity contribution in [1.82, 2.24) is 0 Å². The van der Waals surface area contributed by atoms with Gasteiger partial charge in [0.15, 0.2) is 6.73 Å². The van der Waals surface area contributed by atoms with Crippen molar-refractivity contribution >= 4 is 10.0 Å². The molecule has 0 aliphatic carbocycles. The van der Waals surface area contributed by atoms with Crippen LogP contribution >= 0.6 is 0 Å². The lowest BCUT2D eigenvalue weighted by molar-refractivity contribution is -0.815. The molecule has 13 heavy (non-hydrogen) atoms. The number of quaternary nitrogens is 1. The maximum Gasteiger partial charge on any atom is 0.301 e. The first-order chi connectivity index (χ1) is 5.96. The third-order valence-electron chi connectivity index (χ3n) is 2.77. The van der Waals surface area contributed by atoms with Gasteiger partial charge in [0, 0.05) is 12.8 Å². The predicted molar refractivity (Wildman–Crippen MR) is 50.4 cm³/mol. The fourth-order valence-corrected chi connectivity index (χ4v) is 3.66. The molecule has 5 heteroatoms. The Kier molecular flexibility index (Phi) is 2.99. The molecule has 1 N–H and O–H groups in total. The fourth-order valence-electron chi connectivity index (χ4n) is 1.84. The molecule has 0 spiro atoms. The first-order valence-corrected chi connectivity index (χ1v) is 6.17. The molecule has 0 atom stereocenters. The third kappa shape index (κ3) is 1.60. The molecule has 78 valence electrons. The minimum atomic E-state index is -3.20. The van der Waals surface area contributed by atoms with Gasteiger partial charge >= 0.3 is 10.0 Å². The lowest BCUT2D eigenvalue weighted by Gasteiger charge is -2.31. The van der Waals surface area contributed by atoms with E-state index in [-0.39, 0.29) is 10.6 Å². The Labute approximate surface area is 79.8 Å². The summed E-state index contributed by atoms with van der Waals surface area (Å²) in [6.45, 7) is 4.20. The molecule has 1 fully saturated rings.